The van der Waals surface area contributed by atoms with Crippen LogP contribution in [0, 0.1) is 0 Å². The van der Waals surface area contributed by atoms with Gasteiger partial charge in [-0.25, -0.2) is 14.4 Å². The maximum absolute atomic E-state index is 14.9. The van der Waals surface area contributed by atoms with Crippen molar-refractivity contribution in [2.45, 2.75) is 18.3 Å². The molecule has 2 N–H and O–H groups in total. The molecular formula is C22H13Br2F7N4O. The number of carbonyl (C=O) groups excluding carboxylic acids is 1. The minimum atomic E-state index is -5.12. The molecule has 0 aliphatic heterocycles. The largest absolute Gasteiger partial charge is 0.417 e. The standard InChI is InChI=1S/C22H13Br2F7N4O/c23-13-6-12(7-14(24)9-13)16(21(26,27)28)10-18(25)11-2-3-15(17(8-11)22(29,30)31)19(36)34-35-20-32-4-1-5-33-20/h1-10,16H,(H,34,36)(H,32,33,35). The van der Waals surface area contributed by atoms with Crippen LogP contribution in [0.3, 0.4) is 0 Å². The highest BCUT2D eigenvalue weighted by Gasteiger charge is 2.40. The molecule has 1 atom stereocenters. The quantitative estimate of drug-likeness (QED) is 0.217. The number of hydrogen-bond donors (Lipinski definition) is 2. The third-order valence-corrected chi connectivity index (χ3v) is 5.52. The number of benzene rings is 2. The van der Waals surface area contributed by atoms with Gasteiger partial charge >= 0.3 is 12.4 Å². The van der Waals surface area contributed by atoms with Crippen LogP contribution in [0.2, 0.25) is 0 Å². The first kappa shape index (κ1) is 27.6. The molecule has 0 aliphatic rings. The van der Waals surface area contributed by atoms with Crippen LogP contribution < -0.4 is 10.9 Å². The summed E-state index contributed by atoms with van der Waals surface area (Å²) in [4.78, 5) is 19.8. The van der Waals surface area contributed by atoms with Crippen LogP contribution in [-0.4, -0.2) is 22.1 Å². The minimum absolute atomic E-state index is 0.109. The van der Waals surface area contributed by atoms with Gasteiger partial charge in [-0.05, 0) is 48.0 Å². The summed E-state index contributed by atoms with van der Waals surface area (Å²) >= 11 is 6.10. The number of halogens is 9. The second kappa shape index (κ2) is 10.9. The lowest BCUT2D eigenvalue weighted by atomic mass is 9.95. The molecule has 3 rings (SSSR count). The van der Waals surface area contributed by atoms with E-state index < -0.39 is 46.7 Å². The number of nitrogens with zero attached hydrogens (tertiary/aromatic N) is 2. The summed E-state index contributed by atoms with van der Waals surface area (Å²) < 4.78 is 97.6. The molecule has 1 aromatic heterocycles. The third kappa shape index (κ3) is 7.03. The van der Waals surface area contributed by atoms with Gasteiger partial charge < -0.3 is 0 Å². The SMILES string of the molecule is O=C(NNc1ncccn1)c1ccc(C(F)=CC(c2cc(Br)cc(Br)c2)C(F)(F)F)cc1C(F)(F)F. The fraction of sp³-hybridized carbons (Fsp3) is 0.136. The Hall–Kier alpha value is -3.00. The second-order valence-corrected chi connectivity index (χ2v) is 8.98. The summed E-state index contributed by atoms with van der Waals surface area (Å²) in [6.45, 7) is 0. The Balaban J connectivity index is 1.97. The van der Waals surface area contributed by atoms with E-state index in [0.717, 1.165) is 18.2 Å². The number of amides is 1. The number of carbonyl (C=O) groups is 1. The van der Waals surface area contributed by atoms with Crippen LogP contribution >= 0.6 is 31.9 Å². The molecule has 0 saturated carbocycles. The van der Waals surface area contributed by atoms with Gasteiger partial charge in [0.1, 0.15) is 11.7 Å². The van der Waals surface area contributed by atoms with Gasteiger partial charge in [-0.2, -0.15) is 26.3 Å². The molecule has 0 fully saturated rings. The van der Waals surface area contributed by atoms with Gasteiger partial charge in [0.05, 0.1) is 11.1 Å². The summed E-state index contributed by atoms with van der Waals surface area (Å²) in [7, 11) is 0. The molecule has 0 saturated heterocycles. The molecule has 5 nitrogen and oxygen atoms in total. The second-order valence-electron chi connectivity index (χ2n) is 7.15. The van der Waals surface area contributed by atoms with Crippen molar-refractivity contribution < 1.29 is 35.5 Å². The van der Waals surface area contributed by atoms with Crippen molar-refractivity contribution in [1.82, 2.24) is 15.4 Å². The van der Waals surface area contributed by atoms with Crippen molar-refractivity contribution in [3.05, 3.63) is 92.1 Å². The van der Waals surface area contributed by atoms with Crippen LogP contribution in [0.4, 0.5) is 36.7 Å². The third-order valence-electron chi connectivity index (χ3n) is 4.61. The lowest BCUT2D eigenvalue weighted by Crippen LogP contribution is -2.32. The van der Waals surface area contributed by atoms with E-state index in [1.807, 2.05) is 5.43 Å². The van der Waals surface area contributed by atoms with Gasteiger partial charge in [0, 0.05) is 26.9 Å². The maximum Gasteiger partial charge on any atom is 0.417 e. The Bertz CT molecular complexity index is 1260. The number of allylic oxidation sites excluding steroid dienone is 1. The Morgan fingerprint density at radius 3 is 2.11 bits per heavy atom. The summed E-state index contributed by atoms with van der Waals surface area (Å²) in [5, 5.41) is 0. The van der Waals surface area contributed by atoms with Gasteiger partial charge in [0.25, 0.3) is 5.91 Å². The summed E-state index contributed by atoms with van der Waals surface area (Å²) in [5.41, 5.74) is 0.617. The zero-order valence-corrected chi connectivity index (χ0v) is 20.7. The molecular weight excluding hydrogens is 629 g/mol. The monoisotopic (exact) mass is 640 g/mol. The highest BCUT2D eigenvalue weighted by Crippen LogP contribution is 2.41. The Labute approximate surface area is 216 Å². The highest BCUT2D eigenvalue weighted by molar-refractivity contribution is 9.11. The molecule has 36 heavy (non-hydrogen) atoms. The fourth-order valence-corrected chi connectivity index (χ4v) is 4.38. The zero-order chi connectivity index (χ0) is 26.7. The molecule has 1 amide bonds. The normalized spacial score (nSPS) is 13.3. The van der Waals surface area contributed by atoms with Crippen molar-refractivity contribution in [3.63, 3.8) is 0 Å². The van der Waals surface area contributed by atoms with Crippen molar-refractivity contribution in [2.24, 2.45) is 0 Å². The van der Waals surface area contributed by atoms with E-state index in [2.05, 4.69) is 47.3 Å². The number of anilines is 1. The highest BCUT2D eigenvalue weighted by atomic mass is 79.9. The van der Waals surface area contributed by atoms with Gasteiger partial charge in [0.15, 0.2) is 0 Å². The number of nitrogens with one attached hydrogen (secondary N) is 2. The van der Waals surface area contributed by atoms with Crippen molar-refractivity contribution in [2.75, 3.05) is 5.43 Å². The molecule has 190 valence electrons. The molecule has 2 aromatic carbocycles. The van der Waals surface area contributed by atoms with Gasteiger partial charge in [0.2, 0.25) is 5.95 Å². The maximum atomic E-state index is 14.9. The molecule has 3 aromatic rings. The van der Waals surface area contributed by atoms with E-state index in [1.54, 1.807) is 0 Å². The molecule has 0 bridgehead atoms. The van der Waals surface area contributed by atoms with E-state index in [9.17, 15) is 35.5 Å². The summed E-state index contributed by atoms with van der Waals surface area (Å²) in [6.07, 6.45) is -7.26. The summed E-state index contributed by atoms with van der Waals surface area (Å²) in [6, 6.07) is 6.87. The van der Waals surface area contributed by atoms with E-state index >= 15 is 0 Å². The molecule has 0 spiro atoms. The van der Waals surface area contributed by atoms with Crippen LogP contribution in [0.15, 0.2) is 69.9 Å². The van der Waals surface area contributed by atoms with Gasteiger partial charge in [-0.15, -0.1) is 0 Å². The predicted molar refractivity (Wildman–Crippen MR) is 124 cm³/mol. The van der Waals surface area contributed by atoms with Crippen LogP contribution in [0.25, 0.3) is 5.83 Å². The van der Waals surface area contributed by atoms with E-state index in [-0.39, 0.29) is 32.6 Å². The molecule has 0 aliphatic carbocycles. The molecule has 0 radical (unpaired) electrons. The Kier molecular flexibility index (Phi) is 8.39. The van der Waals surface area contributed by atoms with E-state index in [1.165, 1.54) is 24.5 Å². The van der Waals surface area contributed by atoms with Gasteiger partial charge in [-0.1, -0.05) is 37.9 Å². The van der Waals surface area contributed by atoms with Crippen molar-refractivity contribution >= 4 is 49.5 Å². The Morgan fingerprint density at radius 2 is 1.56 bits per heavy atom. The number of aromatic nitrogens is 2. The van der Waals surface area contributed by atoms with Gasteiger partial charge in [-0.3, -0.25) is 15.6 Å². The predicted octanol–water partition coefficient (Wildman–Crippen LogP) is 7.43. The smallest absolute Gasteiger partial charge is 0.267 e. The number of hydrogen-bond acceptors (Lipinski definition) is 4. The van der Waals surface area contributed by atoms with E-state index in [0.29, 0.717) is 6.07 Å². The van der Waals surface area contributed by atoms with Crippen LogP contribution in [-0.2, 0) is 6.18 Å². The van der Waals surface area contributed by atoms with Crippen LogP contribution in [0.1, 0.15) is 33.0 Å². The Morgan fingerprint density at radius 1 is 0.944 bits per heavy atom. The zero-order valence-electron chi connectivity index (χ0n) is 17.6. The molecule has 1 unspecified atom stereocenters. The average molecular weight is 642 g/mol. The first-order valence-electron chi connectivity index (χ1n) is 9.70. The lowest BCUT2D eigenvalue weighted by Gasteiger charge is -2.19. The van der Waals surface area contributed by atoms with Crippen molar-refractivity contribution in [3.8, 4) is 0 Å². The fourth-order valence-electron chi connectivity index (χ4n) is 3.05. The average Bonchev–Trinajstić information content (AvgIpc) is 2.79. The van der Waals surface area contributed by atoms with Crippen LogP contribution in [0.5, 0.6) is 0 Å². The number of rotatable bonds is 6. The number of hydrazine groups is 1. The van der Waals surface area contributed by atoms with E-state index in [4.69, 9.17) is 0 Å². The number of alkyl halides is 6. The lowest BCUT2D eigenvalue weighted by molar-refractivity contribution is -0.140. The summed E-state index contributed by atoms with van der Waals surface area (Å²) in [5.74, 6) is -5.37. The first-order valence-corrected chi connectivity index (χ1v) is 11.3. The minimum Gasteiger partial charge on any atom is -0.267 e. The molecule has 1 heterocycles. The van der Waals surface area contributed by atoms with Crippen molar-refractivity contribution in [1.29, 1.82) is 0 Å². The first-order chi connectivity index (χ1) is 16.8. The topological polar surface area (TPSA) is 66.9 Å². The molecule has 14 heteroatoms.